The molecule has 0 fully saturated rings. The van der Waals surface area contributed by atoms with Crippen LogP contribution < -0.4 is 10.1 Å². The number of rotatable bonds is 8. The van der Waals surface area contributed by atoms with Gasteiger partial charge in [0.15, 0.2) is 0 Å². The highest BCUT2D eigenvalue weighted by Gasteiger charge is 2.09. The van der Waals surface area contributed by atoms with Gasteiger partial charge in [0.2, 0.25) is 0 Å². The molecule has 2 aromatic heterocycles. The Balaban J connectivity index is 1.49. The first kappa shape index (κ1) is 16.3. The van der Waals surface area contributed by atoms with Gasteiger partial charge in [-0.2, -0.15) is 0 Å². The first-order valence-electron chi connectivity index (χ1n) is 8.18. The fourth-order valence-electron chi connectivity index (χ4n) is 2.49. The van der Waals surface area contributed by atoms with Gasteiger partial charge in [-0.1, -0.05) is 12.1 Å². The number of furan rings is 1. The SMILES string of the molecule is Cc1ccc([C@H](C)NCc2cccc(OCCn3ccnc3)c2)o1. The second kappa shape index (κ2) is 7.84. The Morgan fingerprint density at radius 1 is 1.29 bits per heavy atom. The van der Waals surface area contributed by atoms with Gasteiger partial charge in [-0.15, -0.1) is 0 Å². The Bertz CT molecular complexity index is 750. The summed E-state index contributed by atoms with van der Waals surface area (Å²) in [5.74, 6) is 2.78. The van der Waals surface area contributed by atoms with Gasteiger partial charge in [-0.25, -0.2) is 4.98 Å². The summed E-state index contributed by atoms with van der Waals surface area (Å²) in [5, 5.41) is 3.47. The van der Waals surface area contributed by atoms with Crippen LogP contribution >= 0.6 is 0 Å². The Morgan fingerprint density at radius 3 is 2.96 bits per heavy atom. The van der Waals surface area contributed by atoms with Gasteiger partial charge in [0.25, 0.3) is 0 Å². The molecule has 0 unspecified atom stereocenters. The highest BCUT2D eigenvalue weighted by atomic mass is 16.5. The number of ether oxygens (including phenoxy) is 1. The summed E-state index contributed by atoms with van der Waals surface area (Å²) in [6.45, 7) is 6.23. The minimum Gasteiger partial charge on any atom is -0.492 e. The van der Waals surface area contributed by atoms with Crippen LogP contribution in [0.3, 0.4) is 0 Å². The van der Waals surface area contributed by atoms with Crippen LogP contribution in [0.15, 0.2) is 59.5 Å². The summed E-state index contributed by atoms with van der Waals surface area (Å²) in [4.78, 5) is 4.02. The molecule has 0 saturated carbocycles. The van der Waals surface area contributed by atoms with Crippen LogP contribution in [0.25, 0.3) is 0 Å². The molecule has 0 amide bonds. The van der Waals surface area contributed by atoms with E-state index in [0.717, 1.165) is 30.4 Å². The fraction of sp³-hybridized carbons (Fsp3) is 0.316. The summed E-state index contributed by atoms with van der Waals surface area (Å²) in [5.41, 5.74) is 1.19. The second-order valence-corrected chi connectivity index (χ2v) is 5.85. The molecule has 0 aliphatic carbocycles. The Kier molecular flexibility index (Phi) is 5.33. The average molecular weight is 325 g/mol. The van der Waals surface area contributed by atoms with E-state index in [2.05, 4.69) is 29.4 Å². The molecule has 24 heavy (non-hydrogen) atoms. The number of imidazole rings is 1. The van der Waals surface area contributed by atoms with Crippen molar-refractivity contribution in [2.24, 2.45) is 0 Å². The third kappa shape index (κ3) is 4.49. The summed E-state index contributed by atoms with van der Waals surface area (Å²) in [7, 11) is 0. The molecule has 0 radical (unpaired) electrons. The smallest absolute Gasteiger partial charge is 0.120 e. The lowest BCUT2D eigenvalue weighted by molar-refractivity contribution is 0.298. The summed E-state index contributed by atoms with van der Waals surface area (Å²) < 4.78 is 13.5. The van der Waals surface area contributed by atoms with Crippen LogP contribution in [0.5, 0.6) is 5.75 Å². The molecule has 1 N–H and O–H groups in total. The standard InChI is InChI=1S/C19H23N3O2/c1-15-6-7-19(24-15)16(2)21-13-17-4-3-5-18(12-17)23-11-10-22-9-8-20-14-22/h3-9,12,14,16,21H,10-11,13H2,1-2H3/t16-/m0/s1. The molecule has 3 rings (SSSR count). The van der Waals surface area contributed by atoms with Crippen molar-refractivity contribution in [2.45, 2.75) is 33.0 Å². The summed E-state index contributed by atoms with van der Waals surface area (Å²) in [6, 6.07) is 12.3. The summed E-state index contributed by atoms with van der Waals surface area (Å²) in [6.07, 6.45) is 5.50. The van der Waals surface area contributed by atoms with Crippen LogP contribution in [0.2, 0.25) is 0 Å². The van der Waals surface area contributed by atoms with E-state index in [-0.39, 0.29) is 6.04 Å². The first-order chi connectivity index (χ1) is 11.7. The number of hydrogen-bond acceptors (Lipinski definition) is 4. The van der Waals surface area contributed by atoms with Gasteiger partial charge in [0, 0.05) is 18.9 Å². The largest absolute Gasteiger partial charge is 0.492 e. The van der Waals surface area contributed by atoms with E-state index < -0.39 is 0 Å². The predicted molar refractivity (Wildman–Crippen MR) is 92.9 cm³/mol. The Morgan fingerprint density at radius 2 is 2.21 bits per heavy atom. The Hall–Kier alpha value is -2.53. The minimum atomic E-state index is 0.171. The topological polar surface area (TPSA) is 52.2 Å². The highest BCUT2D eigenvalue weighted by molar-refractivity contribution is 5.28. The zero-order valence-corrected chi connectivity index (χ0v) is 14.1. The quantitative estimate of drug-likeness (QED) is 0.686. The predicted octanol–water partition coefficient (Wildman–Crippen LogP) is 3.71. The minimum absolute atomic E-state index is 0.171. The van der Waals surface area contributed by atoms with Crippen LogP contribution in [-0.4, -0.2) is 16.2 Å². The van der Waals surface area contributed by atoms with Crippen molar-refractivity contribution in [1.29, 1.82) is 0 Å². The number of nitrogens with zero attached hydrogens (tertiary/aromatic N) is 2. The molecule has 126 valence electrons. The van der Waals surface area contributed by atoms with Crippen LogP contribution in [0.4, 0.5) is 0 Å². The first-order valence-corrected chi connectivity index (χ1v) is 8.18. The third-order valence-corrected chi connectivity index (χ3v) is 3.88. The maximum absolute atomic E-state index is 5.82. The molecular weight excluding hydrogens is 302 g/mol. The molecule has 5 heteroatoms. The van der Waals surface area contributed by atoms with E-state index in [9.17, 15) is 0 Å². The van der Waals surface area contributed by atoms with Crippen molar-refractivity contribution in [2.75, 3.05) is 6.61 Å². The van der Waals surface area contributed by atoms with Gasteiger partial charge >= 0.3 is 0 Å². The lowest BCUT2D eigenvalue weighted by atomic mass is 10.2. The van der Waals surface area contributed by atoms with E-state index in [1.165, 1.54) is 5.56 Å². The monoisotopic (exact) mass is 325 g/mol. The van der Waals surface area contributed by atoms with Crippen molar-refractivity contribution in [3.63, 3.8) is 0 Å². The van der Waals surface area contributed by atoms with E-state index in [1.807, 2.05) is 42.0 Å². The van der Waals surface area contributed by atoms with E-state index in [1.54, 1.807) is 12.5 Å². The second-order valence-electron chi connectivity index (χ2n) is 5.85. The van der Waals surface area contributed by atoms with E-state index in [0.29, 0.717) is 6.61 Å². The highest BCUT2D eigenvalue weighted by Crippen LogP contribution is 2.18. The number of hydrogen-bond donors (Lipinski definition) is 1. The maximum Gasteiger partial charge on any atom is 0.120 e. The van der Waals surface area contributed by atoms with Gasteiger partial charge in [-0.3, -0.25) is 0 Å². The van der Waals surface area contributed by atoms with Crippen LogP contribution in [-0.2, 0) is 13.1 Å². The molecule has 1 atom stereocenters. The molecule has 2 heterocycles. The fourth-order valence-corrected chi connectivity index (χ4v) is 2.49. The number of benzene rings is 1. The van der Waals surface area contributed by atoms with Crippen LogP contribution in [0, 0.1) is 6.92 Å². The van der Waals surface area contributed by atoms with Crippen molar-refractivity contribution in [1.82, 2.24) is 14.9 Å². The molecular formula is C19H23N3O2. The van der Waals surface area contributed by atoms with Crippen molar-refractivity contribution in [3.05, 3.63) is 72.2 Å². The lowest BCUT2D eigenvalue weighted by Gasteiger charge is -2.13. The third-order valence-electron chi connectivity index (χ3n) is 3.88. The molecule has 1 aromatic carbocycles. The average Bonchev–Trinajstić information content (AvgIpc) is 3.25. The van der Waals surface area contributed by atoms with Gasteiger partial charge in [0.1, 0.15) is 23.9 Å². The van der Waals surface area contributed by atoms with Crippen molar-refractivity contribution >= 4 is 0 Å². The van der Waals surface area contributed by atoms with Crippen molar-refractivity contribution < 1.29 is 9.15 Å². The van der Waals surface area contributed by atoms with Crippen molar-refractivity contribution in [3.8, 4) is 5.75 Å². The van der Waals surface area contributed by atoms with E-state index in [4.69, 9.17) is 9.15 Å². The maximum atomic E-state index is 5.82. The van der Waals surface area contributed by atoms with Gasteiger partial charge in [0.05, 0.1) is 18.9 Å². The normalized spacial score (nSPS) is 12.2. The molecule has 0 aliphatic rings. The molecule has 5 nitrogen and oxygen atoms in total. The number of nitrogens with one attached hydrogen (secondary N) is 1. The zero-order chi connectivity index (χ0) is 16.8. The zero-order valence-electron chi connectivity index (χ0n) is 14.1. The molecule has 0 bridgehead atoms. The lowest BCUT2D eigenvalue weighted by Crippen LogP contribution is -2.17. The number of aryl methyl sites for hydroxylation is 1. The van der Waals surface area contributed by atoms with Gasteiger partial charge in [-0.05, 0) is 43.7 Å². The Labute approximate surface area is 142 Å². The molecule has 0 aliphatic heterocycles. The molecule has 3 aromatic rings. The molecule has 0 saturated heterocycles. The van der Waals surface area contributed by atoms with Crippen LogP contribution in [0.1, 0.15) is 30.0 Å². The summed E-state index contributed by atoms with van der Waals surface area (Å²) >= 11 is 0. The van der Waals surface area contributed by atoms with Gasteiger partial charge < -0.3 is 19.0 Å². The number of aromatic nitrogens is 2. The molecule has 0 spiro atoms. The van der Waals surface area contributed by atoms with E-state index >= 15 is 0 Å².